The van der Waals surface area contributed by atoms with Gasteiger partial charge < -0.3 is 10.1 Å². The predicted octanol–water partition coefficient (Wildman–Crippen LogP) is 4.43. The molecule has 2 aromatic rings. The van der Waals surface area contributed by atoms with Crippen molar-refractivity contribution >= 4 is 29.1 Å². The molecule has 3 atom stereocenters. The summed E-state index contributed by atoms with van der Waals surface area (Å²) in [5.74, 6) is 1.10. The lowest BCUT2D eigenvalue weighted by atomic mass is 9.78. The molecule has 1 saturated carbocycles. The van der Waals surface area contributed by atoms with E-state index in [1.807, 2.05) is 0 Å². The molecule has 4 rings (SSSR count). The minimum absolute atomic E-state index is 0.110. The summed E-state index contributed by atoms with van der Waals surface area (Å²) in [5.41, 5.74) is 0.771. The maximum absolute atomic E-state index is 13.2. The van der Waals surface area contributed by atoms with Crippen LogP contribution in [-0.4, -0.2) is 29.4 Å². The third-order valence-corrected chi connectivity index (χ3v) is 6.26. The highest BCUT2D eigenvalue weighted by molar-refractivity contribution is 6.31. The number of aromatic nitrogens is 1. The zero-order valence-corrected chi connectivity index (χ0v) is 17.3. The Morgan fingerprint density at radius 2 is 2.14 bits per heavy atom. The van der Waals surface area contributed by atoms with Gasteiger partial charge in [0.05, 0.1) is 5.69 Å². The zero-order valence-electron chi connectivity index (χ0n) is 16.5. The van der Waals surface area contributed by atoms with E-state index in [0.717, 1.165) is 12.8 Å². The summed E-state index contributed by atoms with van der Waals surface area (Å²) < 4.78 is 5.86. The first-order valence-corrected chi connectivity index (χ1v) is 10.4. The first-order valence-electron chi connectivity index (χ1n) is 9.97. The molecule has 0 bridgehead atoms. The fourth-order valence-corrected chi connectivity index (χ4v) is 4.29. The van der Waals surface area contributed by atoms with Gasteiger partial charge in [-0.15, -0.1) is 0 Å². The number of carbonyl (C=O) groups is 2. The van der Waals surface area contributed by atoms with Crippen LogP contribution in [0.4, 0.5) is 5.69 Å². The van der Waals surface area contributed by atoms with Crippen LogP contribution in [0.3, 0.4) is 0 Å². The molecule has 29 heavy (non-hydrogen) atoms. The number of nitrogens with zero attached hydrogens (tertiary/aromatic N) is 2. The highest BCUT2D eigenvalue weighted by Gasteiger charge is 2.32. The molecule has 0 saturated heterocycles. The molecule has 1 N–H and O–H groups in total. The summed E-state index contributed by atoms with van der Waals surface area (Å²) in [6, 6.07) is 8.45. The average Bonchev–Trinajstić information content (AvgIpc) is 2.81. The SMILES string of the molecule is C[C@H]1[C@H](C)CCC[C@@H]1NC(=O)CN1C(=O)c2cccnc2Oc2ccc(Cl)cc21. The number of hydrogen-bond acceptors (Lipinski definition) is 4. The molecule has 1 aliphatic heterocycles. The van der Waals surface area contributed by atoms with E-state index >= 15 is 0 Å². The molecule has 1 aromatic heterocycles. The number of fused-ring (bicyclic) bond motifs is 2. The maximum atomic E-state index is 13.2. The fraction of sp³-hybridized carbons (Fsp3) is 0.409. The molecule has 0 spiro atoms. The lowest BCUT2D eigenvalue weighted by molar-refractivity contribution is -0.121. The molecule has 7 heteroatoms. The van der Waals surface area contributed by atoms with E-state index < -0.39 is 0 Å². The van der Waals surface area contributed by atoms with Gasteiger partial charge in [0, 0.05) is 17.3 Å². The summed E-state index contributed by atoms with van der Waals surface area (Å²) in [7, 11) is 0. The van der Waals surface area contributed by atoms with Gasteiger partial charge in [0.2, 0.25) is 11.8 Å². The number of amides is 2. The molecule has 6 nitrogen and oxygen atoms in total. The summed E-state index contributed by atoms with van der Waals surface area (Å²) in [6.07, 6.45) is 4.81. The van der Waals surface area contributed by atoms with Crippen molar-refractivity contribution in [3.8, 4) is 11.6 Å². The first-order chi connectivity index (χ1) is 13.9. The molecular formula is C22H24ClN3O3. The largest absolute Gasteiger partial charge is 0.436 e. The summed E-state index contributed by atoms with van der Waals surface area (Å²) in [6.45, 7) is 4.29. The van der Waals surface area contributed by atoms with Crippen LogP contribution < -0.4 is 15.0 Å². The van der Waals surface area contributed by atoms with Gasteiger partial charge in [0.15, 0.2) is 5.75 Å². The number of benzene rings is 1. The number of rotatable bonds is 3. The number of halogens is 1. The van der Waals surface area contributed by atoms with E-state index in [0.29, 0.717) is 33.9 Å². The molecule has 2 heterocycles. The van der Waals surface area contributed by atoms with E-state index in [4.69, 9.17) is 16.3 Å². The van der Waals surface area contributed by atoms with Crippen molar-refractivity contribution in [3.63, 3.8) is 0 Å². The van der Waals surface area contributed by atoms with Crippen LogP contribution in [0, 0.1) is 11.8 Å². The van der Waals surface area contributed by atoms with Gasteiger partial charge in [-0.05, 0) is 48.6 Å². The van der Waals surface area contributed by atoms with Gasteiger partial charge in [-0.1, -0.05) is 38.3 Å². The molecule has 152 valence electrons. The van der Waals surface area contributed by atoms with Gasteiger partial charge in [-0.2, -0.15) is 0 Å². The van der Waals surface area contributed by atoms with E-state index in [1.165, 1.54) is 11.3 Å². The first kappa shape index (κ1) is 19.7. The number of hydrogen-bond donors (Lipinski definition) is 1. The molecule has 1 aliphatic carbocycles. The summed E-state index contributed by atoms with van der Waals surface area (Å²) >= 11 is 6.17. The van der Waals surface area contributed by atoms with Crippen LogP contribution in [-0.2, 0) is 4.79 Å². The predicted molar refractivity (Wildman–Crippen MR) is 112 cm³/mol. The Labute approximate surface area is 175 Å². The van der Waals surface area contributed by atoms with Gasteiger partial charge in [-0.25, -0.2) is 4.98 Å². The number of nitrogens with one attached hydrogen (secondary N) is 1. The van der Waals surface area contributed by atoms with Crippen molar-refractivity contribution in [2.45, 2.75) is 39.2 Å². The van der Waals surface area contributed by atoms with Crippen LogP contribution in [0.2, 0.25) is 5.02 Å². The number of carbonyl (C=O) groups excluding carboxylic acids is 2. The van der Waals surface area contributed by atoms with Crippen molar-refractivity contribution < 1.29 is 14.3 Å². The minimum atomic E-state index is -0.339. The Kier molecular flexibility index (Phi) is 5.46. The zero-order chi connectivity index (χ0) is 20.5. The van der Waals surface area contributed by atoms with E-state index in [-0.39, 0.29) is 30.3 Å². The van der Waals surface area contributed by atoms with Crippen LogP contribution in [0.15, 0.2) is 36.5 Å². The molecule has 1 fully saturated rings. The van der Waals surface area contributed by atoms with Gasteiger partial charge in [0.25, 0.3) is 5.91 Å². The topological polar surface area (TPSA) is 71.5 Å². The van der Waals surface area contributed by atoms with Gasteiger partial charge in [-0.3, -0.25) is 14.5 Å². The molecule has 2 amide bonds. The minimum Gasteiger partial charge on any atom is -0.436 e. The Morgan fingerprint density at radius 3 is 2.97 bits per heavy atom. The molecule has 2 aliphatic rings. The molecule has 0 radical (unpaired) electrons. The van der Waals surface area contributed by atoms with Crippen molar-refractivity contribution in [3.05, 3.63) is 47.1 Å². The second-order valence-electron chi connectivity index (χ2n) is 7.90. The van der Waals surface area contributed by atoms with Crippen molar-refractivity contribution in [2.75, 3.05) is 11.4 Å². The highest BCUT2D eigenvalue weighted by atomic mass is 35.5. The monoisotopic (exact) mass is 413 g/mol. The van der Waals surface area contributed by atoms with Crippen molar-refractivity contribution in [2.24, 2.45) is 11.8 Å². The third kappa shape index (κ3) is 3.94. The Hall–Kier alpha value is -2.60. The van der Waals surface area contributed by atoms with E-state index in [9.17, 15) is 9.59 Å². The Bertz CT molecular complexity index is 949. The molecular weight excluding hydrogens is 390 g/mol. The number of pyridine rings is 1. The van der Waals surface area contributed by atoms with Crippen LogP contribution >= 0.6 is 11.6 Å². The van der Waals surface area contributed by atoms with Crippen molar-refractivity contribution in [1.82, 2.24) is 10.3 Å². The van der Waals surface area contributed by atoms with Crippen LogP contribution in [0.1, 0.15) is 43.5 Å². The second-order valence-corrected chi connectivity index (χ2v) is 8.34. The van der Waals surface area contributed by atoms with Gasteiger partial charge in [0.1, 0.15) is 12.1 Å². The third-order valence-electron chi connectivity index (χ3n) is 6.02. The van der Waals surface area contributed by atoms with E-state index in [1.54, 1.807) is 36.5 Å². The van der Waals surface area contributed by atoms with E-state index in [2.05, 4.69) is 24.1 Å². The fourth-order valence-electron chi connectivity index (χ4n) is 4.12. The number of ether oxygens (including phenoxy) is 1. The Morgan fingerprint density at radius 1 is 1.31 bits per heavy atom. The quantitative estimate of drug-likeness (QED) is 0.808. The highest BCUT2D eigenvalue weighted by Crippen LogP contribution is 2.39. The van der Waals surface area contributed by atoms with Crippen molar-refractivity contribution in [1.29, 1.82) is 0 Å². The summed E-state index contributed by atoms with van der Waals surface area (Å²) in [4.78, 5) is 31.7. The maximum Gasteiger partial charge on any atom is 0.264 e. The van der Waals surface area contributed by atoms with Gasteiger partial charge >= 0.3 is 0 Å². The lowest BCUT2D eigenvalue weighted by Gasteiger charge is -2.35. The second kappa shape index (κ2) is 8.03. The van der Waals surface area contributed by atoms with Crippen LogP contribution in [0.25, 0.3) is 0 Å². The standard InChI is InChI=1S/C22H24ClN3O3/c1-13-5-3-7-17(14(13)2)25-20(27)12-26-18-11-15(23)8-9-19(18)29-21-16(22(26)28)6-4-10-24-21/h4,6,8-11,13-14,17H,3,5,7,12H2,1-2H3,(H,25,27)/t13-,14+,17+/m1/s1. The number of anilines is 1. The lowest BCUT2D eigenvalue weighted by Crippen LogP contribution is -2.48. The summed E-state index contributed by atoms with van der Waals surface area (Å²) in [5, 5.41) is 3.59. The smallest absolute Gasteiger partial charge is 0.264 e. The normalized spacial score (nSPS) is 23.5. The molecule has 0 unspecified atom stereocenters. The molecule has 1 aromatic carbocycles. The van der Waals surface area contributed by atoms with Crippen LogP contribution in [0.5, 0.6) is 11.6 Å². The Balaban J connectivity index is 1.62. The average molecular weight is 414 g/mol.